The summed E-state index contributed by atoms with van der Waals surface area (Å²) in [7, 11) is 3.01. The Morgan fingerprint density at radius 1 is 1.05 bits per heavy atom. The SMILES string of the molecule is CC[C@H]1CCCC[C@@H](C)C(=O)C2=C[C@@H]3C(C(c4ccc(Cl)cc4)C=C4C[C@@H](O[C@H](O)/C(OC)=C(/C)OC)C[C@H]43)[C@@H]2CC(=O)O1. The van der Waals surface area contributed by atoms with Crippen molar-refractivity contribution in [2.24, 2.45) is 29.6 Å². The van der Waals surface area contributed by atoms with Gasteiger partial charge in [0.25, 0.3) is 0 Å². The molecule has 1 aromatic rings. The molecule has 3 aliphatic carbocycles. The summed E-state index contributed by atoms with van der Waals surface area (Å²) >= 11 is 6.29. The number of methoxy groups -OCH3 is 2. The van der Waals surface area contributed by atoms with E-state index in [0.29, 0.717) is 23.6 Å². The van der Waals surface area contributed by atoms with E-state index in [2.05, 4.69) is 31.2 Å². The summed E-state index contributed by atoms with van der Waals surface area (Å²) in [6.07, 6.45) is 8.84. The molecule has 2 fully saturated rings. The largest absolute Gasteiger partial charge is 0.498 e. The fourth-order valence-corrected chi connectivity index (χ4v) is 8.17. The van der Waals surface area contributed by atoms with E-state index < -0.39 is 6.29 Å². The third kappa shape index (κ3) is 6.80. The number of fused-ring (bicyclic) bond motifs is 5. The van der Waals surface area contributed by atoms with Gasteiger partial charge in [-0.3, -0.25) is 9.59 Å². The van der Waals surface area contributed by atoms with Crippen molar-refractivity contribution in [1.29, 1.82) is 0 Å². The lowest BCUT2D eigenvalue weighted by Crippen LogP contribution is -2.35. The molecule has 1 saturated heterocycles. The van der Waals surface area contributed by atoms with E-state index in [0.717, 1.165) is 43.2 Å². The molecule has 0 radical (unpaired) electrons. The van der Waals surface area contributed by atoms with E-state index in [4.69, 9.17) is 30.5 Å². The Hall–Kier alpha value is -2.61. The van der Waals surface area contributed by atoms with Gasteiger partial charge in [-0.15, -0.1) is 0 Å². The summed E-state index contributed by atoms with van der Waals surface area (Å²) in [5.74, 6) is 0.495. The molecule has 7 nitrogen and oxygen atoms in total. The number of esters is 1. The van der Waals surface area contributed by atoms with Crippen molar-refractivity contribution in [2.75, 3.05) is 14.2 Å². The zero-order valence-electron chi connectivity index (χ0n) is 26.6. The molecule has 44 heavy (non-hydrogen) atoms. The van der Waals surface area contributed by atoms with E-state index in [1.54, 1.807) is 6.92 Å². The maximum absolute atomic E-state index is 14.1. The molecule has 1 saturated carbocycles. The van der Waals surface area contributed by atoms with E-state index >= 15 is 0 Å². The average Bonchev–Trinajstić information content (AvgIpc) is 3.58. The molecule has 240 valence electrons. The van der Waals surface area contributed by atoms with Gasteiger partial charge < -0.3 is 24.1 Å². The van der Waals surface area contributed by atoms with Crippen molar-refractivity contribution in [3.8, 4) is 0 Å². The van der Waals surface area contributed by atoms with Crippen molar-refractivity contribution >= 4 is 23.4 Å². The zero-order chi connectivity index (χ0) is 31.5. The minimum atomic E-state index is -1.26. The summed E-state index contributed by atoms with van der Waals surface area (Å²) in [6, 6.07) is 7.92. The first-order valence-corrected chi connectivity index (χ1v) is 16.6. The molecule has 1 N–H and O–H groups in total. The molecule has 0 bridgehead atoms. The standard InChI is InChI=1S/C36H47ClO7/c1-6-25-10-8-7-9-20(2)34(39)31-18-29-27-17-26(44-36(40)35(42-5)21(3)41-4)15-23(27)16-28(22-11-13-24(37)14-12-22)33(29)30(31)19-32(38)43-25/h11-14,16,18,20,25-30,33,36,40H,6-10,15,17,19H2,1-5H3/b35-21+/t20-,25+,26-,27-,28?,29+,30-,33?,36+/m1/s1. The number of allylic oxidation sites excluding steroid dienone is 4. The monoisotopic (exact) mass is 626 g/mol. The molecule has 1 aliphatic heterocycles. The van der Waals surface area contributed by atoms with Gasteiger partial charge >= 0.3 is 5.97 Å². The van der Waals surface area contributed by atoms with Crippen molar-refractivity contribution < 1.29 is 33.6 Å². The number of rotatable bonds is 7. The van der Waals surface area contributed by atoms with Crippen LogP contribution in [-0.4, -0.2) is 49.6 Å². The Bertz CT molecular complexity index is 1300. The predicted octanol–water partition coefficient (Wildman–Crippen LogP) is 7.28. The van der Waals surface area contributed by atoms with Crippen LogP contribution >= 0.6 is 11.6 Å². The van der Waals surface area contributed by atoms with Crippen LogP contribution in [-0.2, 0) is 28.5 Å². The van der Waals surface area contributed by atoms with Crippen molar-refractivity contribution in [2.45, 2.75) is 96.6 Å². The summed E-state index contributed by atoms with van der Waals surface area (Å²) in [4.78, 5) is 27.5. The van der Waals surface area contributed by atoms with Crippen molar-refractivity contribution in [1.82, 2.24) is 0 Å². The molecule has 5 rings (SSSR count). The van der Waals surface area contributed by atoms with Gasteiger partial charge in [0, 0.05) is 22.8 Å². The van der Waals surface area contributed by atoms with Crippen LogP contribution < -0.4 is 0 Å². The predicted molar refractivity (Wildman–Crippen MR) is 169 cm³/mol. The number of aliphatic hydroxyl groups excluding tert-OH is 1. The van der Waals surface area contributed by atoms with E-state index in [1.807, 2.05) is 19.1 Å². The van der Waals surface area contributed by atoms with Crippen LogP contribution in [0.15, 0.2) is 59.1 Å². The Balaban J connectivity index is 1.51. The molecule has 2 unspecified atom stereocenters. The Morgan fingerprint density at radius 3 is 2.45 bits per heavy atom. The van der Waals surface area contributed by atoms with Gasteiger partial charge in [0.05, 0.1) is 26.7 Å². The lowest BCUT2D eigenvalue weighted by atomic mass is 9.64. The smallest absolute Gasteiger partial charge is 0.306 e. The first-order chi connectivity index (χ1) is 21.1. The second-order valence-corrected chi connectivity index (χ2v) is 13.4. The van der Waals surface area contributed by atoms with E-state index in [1.165, 1.54) is 19.8 Å². The number of Topliss-reactive ketones (excluding diaryl/α,β-unsaturated/α-hetero) is 1. The van der Waals surface area contributed by atoms with Gasteiger partial charge in [-0.2, -0.15) is 0 Å². The number of hydrogen-bond donors (Lipinski definition) is 1. The number of ether oxygens (including phenoxy) is 4. The lowest BCUT2D eigenvalue weighted by Gasteiger charge is -2.40. The molecule has 1 heterocycles. The first-order valence-electron chi connectivity index (χ1n) is 16.2. The fraction of sp³-hybridized carbons (Fsp3) is 0.611. The number of hydrogen-bond acceptors (Lipinski definition) is 7. The number of carbonyl (C=O) groups is 2. The van der Waals surface area contributed by atoms with Crippen LogP contribution in [0, 0.1) is 29.6 Å². The molecular weight excluding hydrogens is 580 g/mol. The summed E-state index contributed by atoms with van der Waals surface area (Å²) in [5, 5.41) is 11.6. The van der Waals surface area contributed by atoms with Crippen LogP contribution in [0.2, 0.25) is 5.02 Å². The number of carbonyl (C=O) groups excluding carboxylic acids is 2. The molecule has 0 aromatic heterocycles. The van der Waals surface area contributed by atoms with E-state index in [9.17, 15) is 14.7 Å². The number of halogens is 1. The number of cyclic esters (lactones) is 1. The molecule has 9 atom stereocenters. The first kappa shape index (κ1) is 32.8. The van der Waals surface area contributed by atoms with Crippen LogP contribution in [0.5, 0.6) is 0 Å². The minimum absolute atomic E-state index is 0.0121. The van der Waals surface area contributed by atoms with E-state index in [-0.39, 0.29) is 71.6 Å². The highest BCUT2D eigenvalue weighted by atomic mass is 35.5. The average molecular weight is 627 g/mol. The molecule has 0 amide bonds. The molecule has 1 aromatic carbocycles. The van der Waals surface area contributed by atoms with Gasteiger partial charge in [-0.1, -0.05) is 61.7 Å². The maximum atomic E-state index is 14.1. The Labute approximate surface area is 266 Å². The second kappa shape index (κ2) is 14.2. The van der Waals surface area contributed by atoms with Crippen LogP contribution in [0.1, 0.15) is 83.6 Å². The highest BCUT2D eigenvalue weighted by Gasteiger charge is 2.53. The van der Waals surface area contributed by atoms with Gasteiger partial charge in [-0.25, -0.2) is 0 Å². The number of ketones is 1. The zero-order valence-corrected chi connectivity index (χ0v) is 27.3. The molecule has 4 aliphatic rings. The quantitative estimate of drug-likeness (QED) is 0.147. The lowest BCUT2D eigenvalue weighted by molar-refractivity contribution is -0.151. The summed E-state index contributed by atoms with van der Waals surface area (Å²) in [6.45, 7) is 5.82. The van der Waals surface area contributed by atoms with Gasteiger partial charge in [0.15, 0.2) is 11.5 Å². The van der Waals surface area contributed by atoms with Gasteiger partial charge in [0.1, 0.15) is 11.9 Å². The number of benzene rings is 1. The third-order valence-corrected chi connectivity index (χ3v) is 10.6. The maximum Gasteiger partial charge on any atom is 0.306 e. The topological polar surface area (TPSA) is 91.3 Å². The van der Waals surface area contributed by atoms with Crippen molar-refractivity contribution in [3.05, 3.63) is 69.7 Å². The highest BCUT2D eigenvalue weighted by Crippen LogP contribution is 2.58. The van der Waals surface area contributed by atoms with Crippen LogP contribution in [0.3, 0.4) is 0 Å². The van der Waals surface area contributed by atoms with Gasteiger partial charge in [-0.05, 0) is 86.5 Å². The number of aliphatic hydroxyl groups is 1. The molecule has 0 spiro atoms. The fourth-order valence-electron chi connectivity index (χ4n) is 8.04. The van der Waals surface area contributed by atoms with Crippen molar-refractivity contribution in [3.63, 3.8) is 0 Å². The van der Waals surface area contributed by atoms with Crippen LogP contribution in [0.4, 0.5) is 0 Å². The normalized spacial score (nSPS) is 33.7. The molecular formula is C36H47ClO7. The summed E-state index contributed by atoms with van der Waals surface area (Å²) in [5.41, 5.74) is 3.16. The Kier molecular flexibility index (Phi) is 10.6. The summed E-state index contributed by atoms with van der Waals surface area (Å²) < 4.78 is 22.8. The minimum Gasteiger partial charge on any atom is -0.498 e. The van der Waals surface area contributed by atoms with Gasteiger partial charge in [0.2, 0.25) is 6.29 Å². The third-order valence-electron chi connectivity index (χ3n) is 10.4. The van der Waals surface area contributed by atoms with Crippen LogP contribution in [0.25, 0.3) is 0 Å². The highest BCUT2D eigenvalue weighted by molar-refractivity contribution is 6.30. The second-order valence-electron chi connectivity index (χ2n) is 13.0. The molecule has 8 heteroatoms. The Morgan fingerprint density at radius 2 is 1.77 bits per heavy atom.